The van der Waals surface area contributed by atoms with Crippen LogP contribution in [0.1, 0.15) is 15.9 Å². The van der Waals surface area contributed by atoms with Gasteiger partial charge in [-0.05, 0) is 25.1 Å². The van der Waals surface area contributed by atoms with Gasteiger partial charge in [-0.15, -0.1) is 0 Å². The van der Waals surface area contributed by atoms with Crippen molar-refractivity contribution in [1.29, 1.82) is 0 Å². The minimum atomic E-state index is -5.08. The Labute approximate surface area is 199 Å². The normalized spacial score (nSPS) is 23.1. The van der Waals surface area contributed by atoms with Crippen LogP contribution in [0.25, 0.3) is 0 Å². The number of aromatic nitrogens is 1. The Morgan fingerprint density at radius 2 is 1.78 bits per heavy atom. The summed E-state index contributed by atoms with van der Waals surface area (Å²) in [6.45, 7) is -0.465. The van der Waals surface area contributed by atoms with Crippen LogP contribution in [0.2, 0.25) is 0 Å². The summed E-state index contributed by atoms with van der Waals surface area (Å²) in [7, 11) is 0. The average molecular weight is 516 g/mol. The number of fused-ring (bicyclic) bond motifs is 1. The molecule has 2 atom stereocenters. The molecular weight excluding hydrogens is 499 g/mol. The van der Waals surface area contributed by atoms with E-state index in [1.165, 1.54) is 31.3 Å². The van der Waals surface area contributed by atoms with E-state index < -0.39 is 59.9 Å². The number of benzene rings is 1. The van der Waals surface area contributed by atoms with Crippen molar-refractivity contribution in [2.24, 2.45) is 0 Å². The number of nitrogens with zero attached hydrogens (tertiary/aromatic N) is 4. The number of anilines is 1. The summed E-state index contributed by atoms with van der Waals surface area (Å²) < 4.78 is 62.7. The number of alkyl halides is 5. The molecule has 0 radical (unpaired) electrons. The number of halogens is 5. The molecule has 3 heterocycles. The summed E-state index contributed by atoms with van der Waals surface area (Å²) >= 11 is 0. The van der Waals surface area contributed by atoms with Gasteiger partial charge in [0.05, 0.1) is 24.6 Å². The van der Waals surface area contributed by atoms with Gasteiger partial charge >= 0.3 is 12.1 Å². The molecule has 4 rings (SSSR count). The number of carboxylic acids is 1. The van der Waals surface area contributed by atoms with Gasteiger partial charge in [0.15, 0.2) is 5.67 Å². The maximum atomic E-state index is 15.5. The van der Waals surface area contributed by atoms with E-state index in [0.717, 1.165) is 15.9 Å². The van der Waals surface area contributed by atoms with Gasteiger partial charge in [-0.3, -0.25) is 24.6 Å². The quantitative estimate of drug-likeness (QED) is 0.377. The Morgan fingerprint density at radius 1 is 1.14 bits per heavy atom. The van der Waals surface area contributed by atoms with Gasteiger partial charge in [-0.2, -0.15) is 13.2 Å². The molecule has 2 aliphatic heterocycles. The van der Waals surface area contributed by atoms with Gasteiger partial charge in [-0.25, -0.2) is 18.6 Å². The number of hydrogen-bond donors (Lipinski definition) is 1. The van der Waals surface area contributed by atoms with E-state index in [2.05, 4.69) is 4.98 Å². The number of aryl methyl sites for hydroxylation is 1. The smallest absolute Gasteiger partial charge is 0.475 e. The fourth-order valence-electron chi connectivity index (χ4n) is 3.82. The Kier molecular flexibility index (Phi) is 6.70. The molecule has 192 valence electrons. The molecule has 0 bridgehead atoms. The fraction of sp³-hybridized carbons (Fsp3) is 0.333. The summed E-state index contributed by atoms with van der Waals surface area (Å²) in [5, 5.41) is 18.2. The van der Waals surface area contributed by atoms with Crippen LogP contribution < -0.4 is 4.90 Å². The molecule has 1 aromatic carbocycles. The zero-order valence-electron chi connectivity index (χ0n) is 18.3. The van der Waals surface area contributed by atoms with E-state index in [1.807, 2.05) is 0 Å². The minimum Gasteiger partial charge on any atom is -0.475 e. The highest BCUT2D eigenvalue weighted by molar-refractivity contribution is 6.05. The van der Waals surface area contributed by atoms with Crippen LogP contribution in [0, 0.1) is 17.0 Å². The fourth-order valence-corrected chi connectivity index (χ4v) is 3.82. The maximum absolute atomic E-state index is 15.5. The lowest BCUT2D eigenvalue weighted by Gasteiger charge is -2.22. The van der Waals surface area contributed by atoms with Crippen LogP contribution in [0.5, 0.6) is 0 Å². The molecular formula is C21H17F5N4O6. The molecule has 0 aliphatic carbocycles. The monoisotopic (exact) mass is 516 g/mol. The molecule has 2 amide bonds. The minimum absolute atomic E-state index is 0.0662. The van der Waals surface area contributed by atoms with Crippen LogP contribution in [0.3, 0.4) is 0 Å². The first-order valence-electron chi connectivity index (χ1n) is 10.1. The molecule has 2 aromatic rings. The van der Waals surface area contributed by atoms with E-state index in [1.54, 1.807) is 12.1 Å². The molecule has 36 heavy (non-hydrogen) atoms. The van der Waals surface area contributed by atoms with E-state index >= 15 is 8.78 Å². The zero-order valence-corrected chi connectivity index (χ0v) is 18.3. The first-order chi connectivity index (χ1) is 16.6. The number of pyridine rings is 1. The van der Waals surface area contributed by atoms with E-state index in [-0.39, 0.29) is 17.1 Å². The molecule has 15 heteroatoms. The average Bonchev–Trinajstić information content (AvgIpc) is 3.18. The molecule has 2 saturated heterocycles. The van der Waals surface area contributed by atoms with Gasteiger partial charge in [0, 0.05) is 23.4 Å². The third-order valence-corrected chi connectivity index (χ3v) is 5.66. The van der Waals surface area contributed by atoms with Crippen LogP contribution in [0.4, 0.5) is 33.5 Å². The number of nitro benzene ring substituents is 1. The van der Waals surface area contributed by atoms with Crippen molar-refractivity contribution in [1.82, 2.24) is 9.88 Å². The molecule has 10 nitrogen and oxygen atoms in total. The van der Waals surface area contributed by atoms with Crippen LogP contribution in [0.15, 0.2) is 42.6 Å². The Bertz CT molecular complexity index is 1230. The number of aliphatic carboxylic acids is 1. The van der Waals surface area contributed by atoms with Crippen molar-refractivity contribution in [2.45, 2.75) is 24.4 Å². The SMILES string of the molecule is Cc1ccc(C(=O)N2C[C@]3(F)CN(c4ccccn4)C(=O)[C@]3(F)C2)cc1[N+](=O)[O-].O=C(O)C(F)(F)F. The van der Waals surface area contributed by atoms with Crippen molar-refractivity contribution in [3.8, 4) is 0 Å². The van der Waals surface area contributed by atoms with Gasteiger partial charge in [-0.1, -0.05) is 12.1 Å². The number of carbonyl (C=O) groups excluding carboxylic acids is 2. The van der Waals surface area contributed by atoms with E-state index in [9.17, 15) is 32.9 Å². The van der Waals surface area contributed by atoms with Crippen molar-refractivity contribution in [3.63, 3.8) is 0 Å². The summed E-state index contributed by atoms with van der Waals surface area (Å²) in [6.07, 6.45) is -3.67. The number of carboxylic acid groups (broad SMARTS) is 1. The molecule has 2 fully saturated rings. The predicted molar refractivity (Wildman–Crippen MR) is 112 cm³/mol. The summed E-state index contributed by atoms with van der Waals surface area (Å²) in [6, 6.07) is 8.51. The number of hydrogen-bond acceptors (Lipinski definition) is 6. The van der Waals surface area contributed by atoms with Crippen LogP contribution >= 0.6 is 0 Å². The first-order valence-corrected chi connectivity index (χ1v) is 10.1. The second-order valence-electron chi connectivity index (χ2n) is 8.07. The van der Waals surface area contributed by atoms with Crippen molar-refractivity contribution in [2.75, 3.05) is 24.5 Å². The molecule has 0 spiro atoms. The highest BCUT2D eigenvalue weighted by Crippen LogP contribution is 2.46. The second-order valence-corrected chi connectivity index (χ2v) is 8.07. The number of likely N-dealkylation sites (tertiary alicyclic amines) is 1. The number of amides is 2. The largest absolute Gasteiger partial charge is 0.490 e. The van der Waals surface area contributed by atoms with E-state index in [4.69, 9.17) is 9.90 Å². The van der Waals surface area contributed by atoms with Crippen molar-refractivity contribution < 1.29 is 46.4 Å². The highest BCUT2D eigenvalue weighted by Gasteiger charge is 2.72. The van der Waals surface area contributed by atoms with Gasteiger partial charge in [0.1, 0.15) is 5.82 Å². The Balaban J connectivity index is 0.000000454. The van der Waals surface area contributed by atoms with Crippen LogP contribution in [-0.2, 0) is 9.59 Å². The maximum Gasteiger partial charge on any atom is 0.490 e. The molecule has 2 aliphatic rings. The van der Waals surface area contributed by atoms with Gasteiger partial charge < -0.3 is 10.0 Å². The number of nitro groups is 1. The predicted octanol–water partition coefficient (Wildman–Crippen LogP) is 2.85. The van der Waals surface area contributed by atoms with Crippen molar-refractivity contribution in [3.05, 3.63) is 63.8 Å². The lowest BCUT2D eigenvalue weighted by atomic mass is 9.93. The Morgan fingerprint density at radius 3 is 2.28 bits per heavy atom. The third-order valence-electron chi connectivity index (χ3n) is 5.66. The molecule has 0 unspecified atom stereocenters. The van der Waals surface area contributed by atoms with Crippen molar-refractivity contribution >= 4 is 29.3 Å². The zero-order chi connectivity index (χ0) is 27.1. The lowest BCUT2D eigenvalue weighted by Crippen LogP contribution is -2.47. The summed E-state index contributed by atoms with van der Waals surface area (Å²) in [5.41, 5.74) is -5.49. The van der Waals surface area contributed by atoms with Gasteiger partial charge in [0.25, 0.3) is 17.5 Å². The standard InChI is InChI=1S/C19H16F2N4O4.C2HF3O2/c1-12-5-6-13(8-14(12)25(28)29)16(26)23-9-18(20)10-24(15-4-2-3-7-22-15)17(27)19(18,21)11-23;3-2(4,5)1(6)7/h2-8H,9-11H2,1H3;(H,6,7)/t18-,19+;/m0./s1. The highest BCUT2D eigenvalue weighted by atomic mass is 19.4. The Hall–Kier alpha value is -4.17. The van der Waals surface area contributed by atoms with E-state index in [0.29, 0.717) is 5.56 Å². The number of carbonyl (C=O) groups is 3. The summed E-state index contributed by atoms with van der Waals surface area (Å²) in [5.74, 6) is -4.49. The summed E-state index contributed by atoms with van der Waals surface area (Å²) in [4.78, 5) is 50.5. The molecule has 1 N–H and O–H groups in total. The lowest BCUT2D eigenvalue weighted by molar-refractivity contribution is -0.385. The number of rotatable bonds is 3. The first kappa shape index (κ1) is 26.4. The van der Waals surface area contributed by atoms with Crippen LogP contribution in [-0.4, -0.2) is 74.8 Å². The topological polar surface area (TPSA) is 134 Å². The van der Waals surface area contributed by atoms with Gasteiger partial charge in [0.2, 0.25) is 5.67 Å². The molecule has 0 saturated carbocycles. The second kappa shape index (κ2) is 9.13. The third kappa shape index (κ3) is 4.67. The molecule has 1 aromatic heterocycles.